The summed E-state index contributed by atoms with van der Waals surface area (Å²) < 4.78 is 30.4. The van der Waals surface area contributed by atoms with E-state index in [2.05, 4.69) is 0 Å². The summed E-state index contributed by atoms with van der Waals surface area (Å²) in [6, 6.07) is 6.06. The molecule has 0 bridgehead atoms. The van der Waals surface area contributed by atoms with Crippen LogP contribution in [0.2, 0.25) is 0 Å². The molecule has 0 amide bonds. The molecule has 0 heterocycles. The zero-order valence-corrected chi connectivity index (χ0v) is 14.5. The second-order valence-electron chi connectivity index (χ2n) is 1.93. The predicted octanol–water partition coefficient (Wildman–Crippen LogP) is 1.54. The third kappa shape index (κ3) is 3.67. The van der Waals surface area contributed by atoms with E-state index in [-0.39, 0.29) is 32.6 Å². The first-order chi connectivity index (χ1) is 5.00. The molecule has 0 aliphatic carbocycles. The van der Waals surface area contributed by atoms with Crippen molar-refractivity contribution in [2.75, 3.05) is 0 Å². The molecule has 0 aliphatic rings. The number of rotatable bonds is 1. The molecule has 0 fully saturated rings. The van der Waals surface area contributed by atoms with Crippen LogP contribution >= 0.6 is 22.6 Å². The Balaban J connectivity index is 0.00000121. The summed E-state index contributed by atoms with van der Waals surface area (Å²) in [4.78, 5) is -0.0654. The molecule has 3 nitrogen and oxygen atoms in total. The van der Waals surface area contributed by atoms with Crippen molar-refractivity contribution in [3.63, 3.8) is 0 Å². The minimum absolute atomic E-state index is 0. The average molecular weight is 485 g/mol. The third-order valence-corrected chi connectivity index (χ3v) is 2.61. The van der Waals surface area contributed by atoms with Crippen molar-refractivity contribution < 1.29 is 40.6 Å². The fourth-order valence-electron chi connectivity index (χ4n) is 0.627. The Morgan fingerprint density at radius 1 is 1.33 bits per heavy atom. The summed E-state index contributed by atoms with van der Waals surface area (Å²) in [7, 11) is -4.03. The van der Waals surface area contributed by atoms with E-state index in [1.165, 1.54) is 12.1 Å². The molecule has 6 heteroatoms. The Bertz CT molecular complexity index is 363. The first-order valence-corrected chi connectivity index (χ1v) is 5.25. The first kappa shape index (κ1) is 12.8. The second-order valence-corrected chi connectivity index (χ2v) is 4.60. The van der Waals surface area contributed by atoms with Gasteiger partial charge in [-0.3, -0.25) is 4.55 Å². The van der Waals surface area contributed by atoms with Crippen molar-refractivity contribution in [1.82, 2.24) is 0 Å². The minimum atomic E-state index is -4.03. The van der Waals surface area contributed by atoms with Gasteiger partial charge >= 0.3 is 0 Å². The van der Waals surface area contributed by atoms with Crippen molar-refractivity contribution >= 4 is 32.7 Å². The van der Waals surface area contributed by atoms with Gasteiger partial charge in [0.25, 0.3) is 10.1 Å². The van der Waals surface area contributed by atoms with Crippen molar-refractivity contribution in [1.29, 1.82) is 0 Å². The van der Waals surface area contributed by atoms with Gasteiger partial charge < -0.3 is 0 Å². The summed E-state index contributed by atoms with van der Waals surface area (Å²) in [6.45, 7) is 0. The number of hydrogen-bond donors (Lipinski definition) is 1. The van der Waals surface area contributed by atoms with Crippen molar-refractivity contribution in [2.24, 2.45) is 0 Å². The maximum absolute atomic E-state index is 10.5. The molecular formula is C6H5HgIO3S. The van der Waals surface area contributed by atoms with E-state index in [9.17, 15) is 8.42 Å². The summed E-state index contributed by atoms with van der Waals surface area (Å²) in [5.74, 6) is 0. The van der Waals surface area contributed by atoms with Crippen LogP contribution in [-0.2, 0) is 37.8 Å². The van der Waals surface area contributed by atoms with Gasteiger partial charge in [-0.15, -0.1) is 0 Å². The van der Waals surface area contributed by atoms with E-state index in [4.69, 9.17) is 4.55 Å². The van der Waals surface area contributed by atoms with Gasteiger partial charge in [-0.25, -0.2) is 0 Å². The summed E-state index contributed by atoms with van der Waals surface area (Å²) in [5, 5.41) is 0. The molecule has 1 aromatic carbocycles. The van der Waals surface area contributed by atoms with Crippen LogP contribution in [0.25, 0.3) is 0 Å². The van der Waals surface area contributed by atoms with Gasteiger partial charge in [0, 0.05) is 31.2 Å². The predicted molar refractivity (Wildman–Crippen MR) is 49.0 cm³/mol. The van der Waals surface area contributed by atoms with Crippen molar-refractivity contribution in [2.45, 2.75) is 4.90 Å². The van der Waals surface area contributed by atoms with Gasteiger partial charge in [-0.05, 0) is 40.8 Å². The van der Waals surface area contributed by atoms with Gasteiger partial charge in [0.15, 0.2) is 0 Å². The quantitative estimate of drug-likeness (QED) is 0.374. The topological polar surface area (TPSA) is 54.4 Å². The largest absolute Gasteiger partial charge is 0.294 e. The molecule has 0 saturated heterocycles. The van der Waals surface area contributed by atoms with E-state index in [0.717, 1.165) is 3.57 Å². The van der Waals surface area contributed by atoms with E-state index >= 15 is 0 Å². The van der Waals surface area contributed by atoms with Gasteiger partial charge in [0.05, 0.1) is 4.90 Å². The van der Waals surface area contributed by atoms with Gasteiger partial charge in [-0.1, -0.05) is 6.07 Å². The normalized spacial score (nSPS) is 10.5. The molecule has 0 spiro atoms. The molecule has 12 heavy (non-hydrogen) atoms. The number of hydrogen-bond acceptors (Lipinski definition) is 2. The maximum Gasteiger partial charge on any atom is 0.294 e. The van der Waals surface area contributed by atoms with E-state index < -0.39 is 10.1 Å². The van der Waals surface area contributed by atoms with Crippen LogP contribution < -0.4 is 0 Å². The molecule has 0 aromatic heterocycles. The Kier molecular flexibility index (Phi) is 5.20. The first-order valence-electron chi connectivity index (χ1n) is 2.73. The summed E-state index contributed by atoms with van der Waals surface area (Å²) in [6.07, 6.45) is 0. The molecule has 0 aliphatic heterocycles. The molecule has 0 radical (unpaired) electrons. The van der Waals surface area contributed by atoms with E-state index in [0.29, 0.717) is 0 Å². The molecule has 0 unspecified atom stereocenters. The zero-order chi connectivity index (χ0) is 8.48. The molecule has 0 atom stereocenters. The zero-order valence-electron chi connectivity index (χ0n) is 6.07. The van der Waals surface area contributed by atoms with Crippen LogP contribution in [0.1, 0.15) is 0 Å². The molecule has 62 valence electrons. The smallest absolute Gasteiger partial charge is 0.282 e. The Hall–Kier alpha value is 0.795. The van der Waals surface area contributed by atoms with Crippen LogP contribution in [0.4, 0.5) is 0 Å². The van der Waals surface area contributed by atoms with Crippen LogP contribution in [0.5, 0.6) is 0 Å². The Morgan fingerprint density at radius 3 is 2.25 bits per heavy atom. The average Bonchev–Trinajstić information content (AvgIpc) is 1.86. The summed E-state index contributed by atoms with van der Waals surface area (Å²) in [5.41, 5.74) is 0. The van der Waals surface area contributed by atoms with Crippen LogP contribution in [-0.4, -0.2) is 13.0 Å². The van der Waals surface area contributed by atoms with Crippen LogP contribution in [0.15, 0.2) is 29.2 Å². The monoisotopic (exact) mass is 486 g/mol. The molecule has 1 N–H and O–H groups in total. The SMILES string of the molecule is O=S(=O)(O)c1cccc(I)c1.[Hg]. The van der Waals surface area contributed by atoms with Crippen molar-refractivity contribution in [3.05, 3.63) is 27.8 Å². The van der Waals surface area contributed by atoms with Gasteiger partial charge in [-0.2, -0.15) is 8.42 Å². The van der Waals surface area contributed by atoms with E-state index in [1.807, 2.05) is 22.6 Å². The molecule has 1 rings (SSSR count). The van der Waals surface area contributed by atoms with E-state index in [1.54, 1.807) is 12.1 Å². The van der Waals surface area contributed by atoms with Crippen LogP contribution in [0.3, 0.4) is 0 Å². The fourth-order valence-corrected chi connectivity index (χ4v) is 1.91. The fraction of sp³-hybridized carbons (Fsp3) is 0. The standard InChI is InChI=1S/C6H5IO3S.Hg/c7-5-2-1-3-6(4-5)11(8,9)10;/h1-4H,(H,8,9,10);. The van der Waals surface area contributed by atoms with Crippen LogP contribution in [0, 0.1) is 3.57 Å². The Labute approximate surface area is 105 Å². The Morgan fingerprint density at radius 2 is 1.92 bits per heavy atom. The second kappa shape index (κ2) is 4.87. The van der Waals surface area contributed by atoms with Crippen molar-refractivity contribution in [3.8, 4) is 0 Å². The van der Waals surface area contributed by atoms with Gasteiger partial charge in [0.2, 0.25) is 0 Å². The number of halogens is 1. The molecule has 0 saturated carbocycles. The summed E-state index contributed by atoms with van der Waals surface area (Å²) >= 11 is 1.97. The van der Waals surface area contributed by atoms with Gasteiger partial charge in [0.1, 0.15) is 0 Å². The third-order valence-electron chi connectivity index (χ3n) is 1.09. The minimum Gasteiger partial charge on any atom is -0.282 e. The number of benzene rings is 1. The maximum atomic E-state index is 10.5. The molecular weight excluding hydrogens is 480 g/mol. The molecule has 1 aromatic rings.